The van der Waals surface area contributed by atoms with Crippen LogP contribution in [-0.2, 0) is 20.7 Å². The molecular weight excluding hydrogens is 382 g/mol. The number of ether oxygens (including phenoxy) is 2. The molecule has 140 valence electrons. The van der Waals surface area contributed by atoms with E-state index in [1.807, 2.05) is 47.4 Å². The Balaban J connectivity index is 1.57. The maximum absolute atomic E-state index is 12.6. The summed E-state index contributed by atoms with van der Waals surface area (Å²) < 4.78 is 10.9. The molecule has 0 spiro atoms. The summed E-state index contributed by atoms with van der Waals surface area (Å²) in [5.41, 5.74) is 2.26. The monoisotopic (exact) mass is 401 g/mol. The predicted molar refractivity (Wildman–Crippen MR) is 107 cm³/mol. The molecule has 2 aliphatic rings. The summed E-state index contributed by atoms with van der Waals surface area (Å²) in [5, 5.41) is 0.654. The van der Waals surface area contributed by atoms with Crippen molar-refractivity contribution in [2.24, 2.45) is 5.92 Å². The second kappa shape index (κ2) is 8.28. The van der Waals surface area contributed by atoms with Gasteiger partial charge in [-0.2, -0.15) is 0 Å². The first-order valence-corrected chi connectivity index (χ1v) is 10.3. The molecule has 0 N–H and O–H groups in total. The van der Waals surface area contributed by atoms with Gasteiger partial charge in [-0.15, -0.1) is 11.8 Å². The van der Waals surface area contributed by atoms with Crippen LogP contribution in [0.15, 0.2) is 66.6 Å². The summed E-state index contributed by atoms with van der Waals surface area (Å²) in [6.07, 6.45) is 2.46. The van der Waals surface area contributed by atoms with Crippen molar-refractivity contribution < 1.29 is 14.3 Å². The van der Waals surface area contributed by atoms with Crippen LogP contribution in [0.1, 0.15) is 16.5 Å². The Hall–Kier alpha value is -2.11. The highest BCUT2D eigenvalue weighted by Crippen LogP contribution is 2.40. The van der Waals surface area contributed by atoms with Gasteiger partial charge in [0.25, 0.3) is 0 Å². The molecule has 4 rings (SSSR count). The van der Waals surface area contributed by atoms with Crippen molar-refractivity contribution in [2.45, 2.75) is 11.8 Å². The number of nitrogens with zero attached hydrogens (tertiary/aromatic N) is 1. The molecule has 2 atom stereocenters. The highest BCUT2D eigenvalue weighted by atomic mass is 35.5. The highest BCUT2D eigenvalue weighted by Gasteiger charge is 2.36. The molecule has 0 saturated carbocycles. The van der Waals surface area contributed by atoms with E-state index in [0.29, 0.717) is 17.3 Å². The van der Waals surface area contributed by atoms with Crippen LogP contribution in [0.25, 0.3) is 0 Å². The lowest BCUT2D eigenvalue weighted by molar-refractivity contribution is -0.128. The summed E-state index contributed by atoms with van der Waals surface area (Å²) in [5.74, 6) is 1.46. The van der Waals surface area contributed by atoms with E-state index in [1.165, 1.54) is 5.56 Å². The average Bonchev–Trinajstić information content (AvgIpc) is 3.33. The van der Waals surface area contributed by atoms with E-state index < -0.39 is 0 Å². The van der Waals surface area contributed by atoms with Crippen molar-refractivity contribution in [2.75, 3.05) is 19.1 Å². The normalized spacial score (nSPS) is 20.2. The Morgan fingerprint density at radius 2 is 2.04 bits per heavy atom. The summed E-state index contributed by atoms with van der Waals surface area (Å²) in [4.78, 5) is 14.6. The predicted octanol–water partition coefficient (Wildman–Crippen LogP) is 4.62. The van der Waals surface area contributed by atoms with Crippen LogP contribution in [0.2, 0.25) is 5.02 Å². The number of halogens is 1. The maximum Gasteiger partial charge on any atom is 0.233 e. The molecule has 1 saturated heterocycles. The lowest BCUT2D eigenvalue weighted by Gasteiger charge is -2.29. The van der Waals surface area contributed by atoms with Gasteiger partial charge in [0.2, 0.25) is 12.7 Å². The average molecular weight is 402 g/mol. The Kier molecular flexibility index (Phi) is 5.60. The van der Waals surface area contributed by atoms with Gasteiger partial charge >= 0.3 is 0 Å². The molecule has 2 aliphatic heterocycles. The number of carbonyl (C=O) groups excluding carboxylic acids is 1. The van der Waals surface area contributed by atoms with Crippen LogP contribution >= 0.6 is 23.4 Å². The van der Waals surface area contributed by atoms with Gasteiger partial charge in [-0.25, -0.2) is 0 Å². The lowest BCUT2D eigenvalue weighted by atomic mass is 9.96. The number of benzene rings is 2. The molecule has 27 heavy (non-hydrogen) atoms. The number of thioether (sulfide) groups is 1. The minimum absolute atomic E-state index is 0.0302. The lowest BCUT2D eigenvalue weighted by Crippen LogP contribution is -2.34. The van der Waals surface area contributed by atoms with Crippen LogP contribution in [-0.4, -0.2) is 29.9 Å². The van der Waals surface area contributed by atoms with Crippen LogP contribution < -0.4 is 0 Å². The fourth-order valence-electron chi connectivity index (χ4n) is 3.45. The van der Waals surface area contributed by atoms with Gasteiger partial charge in [-0.05, 0) is 29.7 Å². The van der Waals surface area contributed by atoms with Crippen LogP contribution in [0.5, 0.6) is 0 Å². The molecular formula is C21H20ClNO3S. The Morgan fingerprint density at radius 3 is 2.78 bits per heavy atom. The third-order valence-corrected chi connectivity index (χ3v) is 6.23. The van der Waals surface area contributed by atoms with Gasteiger partial charge in [0.05, 0.1) is 5.75 Å². The minimum atomic E-state index is -0.0302. The zero-order chi connectivity index (χ0) is 18.6. The van der Waals surface area contributed by atoms with Crippen LogP contribution in [0, 0.1) is 5.92 Å². The van der Waals surface area contributed by atoms with E-state index in [1.54, 1.807) is 18.0 Å². The molecule has 4 nitrogen and oxygen atoms in total. The number of amides is 1. The van der Waals surface area contributed by atoms with Gasteiger partial charge in [0.15, 0.2) is 0 Å². The topological polar surface area (TPSA) is 38.8 Å². The molecule has 1 amide bonds. The summed E-state index contributed by atoms with van der Waals surface area (Å²) in [6.45, 7) is 0.814. The SMILES string of the molecule is O=C1CSC(c2cccc(Cl)c2)N1CC(Cc1ccccc1)C1=COCO1. The molecule has 2 aromatic rings. The number of hydrogen-bond acceptors (Lipinski definition) is 4. The first-order valence-electron chi connectivity index (χ1n) is 8.85. The fraction of sp³-hybridized carbons (Fsp3) is 0.286. The van der Waals surface area contributed by atoms with Gasteiger partial charge in [-0.1, -0.05) is 54.1 Å². The second-order valence-electron chi connectivity index (χ2n) is 6.60. The fourth-order valence-corrected chi connectivity index (χ4v) is 4.83. The zero-order valence-electron chi connectivity index (χ0n) is 14.7. The third kappa shape index (κ3) is 4.25. The standard InChI is InChI=1S/C21H20ClNO3S/c22-18-8-4-7-16(10-18)21-23(20(24)13-27-21)11-17(19-12-25-14-26-19)9-15-5-2-1-3-6-15/h1-8,10,12,17,21H,9,11,13-14H2. The van der Waals surface area contributed by atoms with E-state index in [0.717, 1.165) is 17.7 Å². The van der Waals surface area contributed by atoms with Gasteiger partial charge in [-0.3, -0.25) is 4.79 Å². The van der Waals surface area contributed by atoms with E-state index in [2.05, 4.69) is 12.1 Å². The third-order valence-electron chi connectivity index (χ3n) is 4.74. The van der Waals surface area contributed by atoms with E-state index in [-0.39, 0.29) is 24.0 Å². The van der Waals surface area contributed by atoms with Gasteiger partial charge in [0, 0.05) is 17.5 Å². The van der Waals surface area contributed by atoms with E-state index in [4.69, 9.17) is 21.1 Å². The Labute approximate surface area is 168 Å². The van der Waals surface area contributed by atoms with Crippen molar-refractivity contribution in [1.29, 1.82) is 0 Å². The Morgan fingerprint density at radius 1 is 1.19 bits per heavy atom. The van der Waals surface area contributed by atoms with Crippen molar-refractivity contribution in [1.82, 2.24) is 4.90 Å². The second-order valence-corrected chi connectivity index (χ2v) is 8.11. The van der Waals surface area contributed by atoms with Crippen molar-refractivity contribution >= 4 is 29.3 Å². The molecule has 1 fully saturated rings. The largest absolute Gasteiger partial charge is 0.462 e. The summed E-state index contributed by atoms with van der Waals surface area (Å²) >= 11 is 7.80. The first kappa shape index (κ1) is 18.3. The number of hydrogen-bond donors (Lipinski definition) is 0. The summed E-state index contributed by atoms with van der Waals surface area (Å²) in [7, 11) is 0. The maximum atomic E-state index is 12.6. The molecule has 0 bridgehead atoms. The minimum Gasteiger partial charge on any atom is -0.462 e. The molecule has 2 heterocycles. The van der Waals surface area contributed by atoms with Crippen molar-refractivity contribution in [3.8, 4) is 0 Å². The van der Waals surface area contributed by atoms with Gasteiger partial charge < -0.3 is 14.4 Å². The molecule has 0 aromatic heterocycles. The van der Waals surface area contributed by atoms with Crippen LogP contribution in [0.3, 0.4) is 0 Å². The molecule has 0 aliphatic carbocycles. The molecule has 2 unspecified atom stereocenters. The molecule has 2 aromatic carbocycles. The molecule has 0 radical (unpaired) electrons. The van der Waals surface area contributed by atoms with Crippen molar-refractivity contribution in [3.63, 3.8) is 0 Å². The summed E-state index contributed by atoms with van der Waals surface area (Å²) in [6, 6.07) is 18.0. The van der Waals surface area contributed by atoms with Crippen LogP contribution in [0.4, 0.5) is 0 Å². The number of rotatable bonds is 6. The number of carbonyl (C=O) groups is 1. The first-order chi connectivity index (χ1) is 13.2. The highest BCUT2D eigenvalue weighted by molar-refractivity contribution is 8.00. The quantitative estimate of drug-likeness (QED) is 0.708. The zero-order valence-corrected chi connectivity index (χ0v) is 16.3. The van der Waals surface area contributed by atoms with Gasteiger partial charge in [0.1, 0.15) is 17.4 Å². The molecule has 6 heteroatoms. The smallest absolute Gasteiger partial charge is 0.233 e. The van der Waals surface area contributed by atoms with E-state index >= 15 is 0 Å². The van der Waals surface area contributed by atoms with E-state index in [9.17, 15) is 4.79 Å². The Bertz CT molecular complexity index is 842. The van der Waals surface area contributed by atoms with Crippen molar-refractivity contribution in [3.05, 3.63) is 82.8 Å².